The third-order valence-corrected chi connectivity index (χ3v) is 7.71. The summed E-state index contributed by atoms with van der Waals surface area (Å²) in [5.41, 5.74) is 2.94. The molecule has 9 nitrogen and oxygen atoms in total. The van der Waals surface area contributed by atoms with Gasteiger partial charge >= 0.3 is 0 Å². The molecule has 2 aromatic heterocycles. The van der Waals surface area contributed by atoms with Crippen LogP contribution in [0, 0.1) is 5.41 Å². The number of H-pyrrole nitrogens is 1. The maximum absolute atomic E-state index is 7.27. The largest absolute Gasteiger partial charge is 0.491 e. The summed E-state index contributed by atoms with van der Waals surface area (Å²) in [6, 6.07) is 13.2. The number of aromatic nitrogens is 4. The Morgan fingerprint density at radius 1 is 0.973 bits per heavy atom. The molecule has 0 radical (unpaired) electrons. The van der Waals surface area contributed by atoms with Crippen LogP contribution in [-0.4, -0.2) is 87.9 Å². The van der Waals surface area contributed by atoms with Gasteiger partial charge in [-0.25, -0.2) is 15.0 Å². The van der Waals surface area contributed by atoms with E-state index in [0.29, 0.717) is 12.3 Å². The highest BCUT2D eigenvalue weighted by molar-refractivity contribution is 5.91. The maximum Gasteiger partial charge on any atom is 0.182 e. The maximum atomic E-state index is 7.27. The summed E-state index contributed by atoms with van der Waals surface area (Å²) in [5, 5.41) is 9.71. The minimum Gasteiger partial charge on any atom is -0.491 e. The van der Waals surface area contributed by atoms with Crippen LogP contribution < -0.4 is 9.64 Å². The van der Waals surface area contributed by atoms with Gasteiger partial charge in [-0.1, -0.05) is 30.3 Å². The molecule has 6 rings (SSSR count). The first-order valence-corrected chi connectivity index (χ1v) is 13.3. The molecule has 2 aliphatic rings. The Kier molecular flexibility index (Phi) is 6.96. The van der Waals surface area contributed by atoms with Gasteiger partial charge in [0.2, 0.25) is 0 Å². The SMILES string of the molecule is N=CCCN1CCN(Cc2ccc(OC[C@H]3CCCN3c3ncnc4nc[nH]c34)c3ccccc23)CC1. The summed E-state index contributed by atoms with van der Waals surface area (Å²) in [4.78, 5) is 23.7. The van der Waals surface area contributed by atoms with Gasteiger partial charge in [-0.15, -0.1) is 0 Å². The second-order valence-electron chi connectivity index (χ2n) is 9.98. The van der Waals surface area contributed by atoms with Crippen molar-refractivity contribution in [2.24, 2.45) is 0 Å². The van der Waals surface area contributed by atoms with Crippen molar-refractivity contribution >= 4 is 34.0 Å². The number of piperazine rings is 1. The Balaban J connectivity index is 1.15. The van der Waals surface area contributed by atoms with E-state index < -0.39 is 0 Å². The molecule has 2 aromatic carbocycles. The minimum atomic E-state index is 0.254. The van der Waals surface area contributed by atoms with Crippen molar-refractivity contribution in [1.82, 2.24) is 29.7 Å². The van der Waals surface area contributed by atoms with E-state index in [1.54, 1.807) is 12.7 Å². The first kappa shape index (κ1) is 23.8. The molecular weight excluding hydrogens is 464 g/mol. The number of aromatic amines is 1. The zero-order valence-corrected chi connectivity index (χ0v) is 21.1. The molecule has 4 aromatic rings. The van der Waals surface area contributed by atoms with Crippen molar-refractivity contribution in [2.45, 2.75) is 31.8 Å². The zero-order chi connectivity index (χ0) is 25.0. The first-order chi connectivity index (χ1) is 18.3. The number of hydrogen-bond donors (Lipinski definition) is 2. The summed E-state index contributed by atoms with van der Waals surface area (Å²) in [7, 11) is 0. The number of imidazole rings is 1. The normalized spacial score (nSPS) is 19.1. The average molecular weight is 499 g/mol. The second-order valence-corrected chi connectivity index (χ2v) is 9.98. The highest BCUT2D eigenvalue weighted by Gasteiger charge is 2.28. The van der Waals surface area contributed by atoms with Crippen LogP contribution >= 0.6 is 0 Å². The summed E-state index contributed by atoms with van der Waals surface area (Å²) >= 11 is 0. The molecule has 0 aliphatic carbocycles. The Morgan fingerprint density at radius 2 is 1.81 bits per heavy atom. The molecule has 2 saturated heterocycles. The van der Waals surface area contributed by atoms with Gasteiger partial charge in [-0.2, -0.15) is 0 Å². The van der Waals surface area contributed by atoms with E-state index in [-0.39, 0.29) is 6.04 Å². The molecule has 4 heterocycles. The van der Waals surface area contributed by atoms with Gasteiger partial charge < -0.3 is 24.9 Å². The molecule has 192 valence electrons. The molecule has 37 heavy (non-hydrogen) atoms. The number of nitrogens with zero attached hydrogens (tertiary/aromatic N) is 6. The molecule has 0 unspecified atom stereocenters. The van der Waals surface area contributed by atoms with Crippen molar-refractivity contribution < 1.29 is 4.74 Å². The van der Waals surface area contributed by atoms with Crippen LogP contribution in [-0.2, 0) is 6.54 Å². The van der Waals surface area contributed by atoms with E-state index in [9.17, 15) is 0 Å². The van der Waals surface area contributed by atoms with Crippen LogP contribution in [0.5, 0.6) is 5.75 Å². The monoisotopic (exact) mass is 498 g/mol. The van der Waals surface area contributed by atoms with E-state index in [0.717, 1.165) is 82.2 Å². The third-order valence-electron chi connectivity index (χ3n) is 7.71. The van der Waals surface area contributed by atoms with Crippen LogP contribution in [0.15, 0.2) is 49.1 Å². The predicted molar refractivity (Wildman–Crippen MR) is 147 cm³/mol. The number of benzene rings is 2. The fourth-order valence-electron chi connectivity index (χ4n) is 5.70. The summed E-state index contributed by atoms with van der Waals surface area (Å²) in [6.07, 6.45) is 7.81. The van der Waals surface area contributed by atoms with Crippen LogP contribution in [0.25, 0.3) is 21.9 Å². The topological polar surface area (TPSA) is 97.3 Å². The number of fused-ring (bicyclic) bond motifs is 2. The Morgan fingerprint density at radius 3 is 2.68 bits per heavy atom. The van der Waals surface area contributed by atoms with Crippen LogP contribution in [0.2, 0.25) is 0 Å². The highest BCUT2D eigenvalue weighted by atomic mass is 16.5. The van der Waals surface area contributed by atoms with Gasteiger partial charge in [-0.3, -0.25) is 4.90 Å². The van der Waals surface area contributed by atoms with Gasteiger partial charge in [0.1, 0.15) is 24.2 Å². The fourth-order valence-corrected chi connectivity index (χ4v) is 5.70. The lowest BCUT2D eigenvalue weighted by atomic mass is 10.0. The minimum absolute atomic E-state index is 0.254. The van der Waals surface area contributed by atoms with Crippen molar-refractivity contribution in [3.05, 3.63) is 54.6 Å². The molecule has 2 fully saturated rings. The summed E-state index contributed by atoms with van der Waals surface area (Å²) in [5.74, 6) is 1.85. The summed E-state index contributed by atoms with van der Waals surface area (Å²) < 4.78 is 6.50. The zero-order valence-electron chi connectivity index (χ0n) is 21.1. The summed E-state index contributed by atoms with van der Waals surface area (Å²) in [6.45, 7) is 7.78. The predicted octanol–water partition coefficient (Wildman–Crippen LogP) is 3.71. The van der Waals surface area contributed by atoms with E-state index >= 15 is 0 Å². The number of hydrogen-bond acceptors (Lipinski definition) is 8. The van der Waals surface area contributed by atoms with Crippen molar-refractivity contribution in [3.63, 3.8) is 0 Å². The van der Waals surface area contributed by atoms with Crippen molar-refractivity contribution in [2.75, 3.05) is 50.8 Å². The number of nitrogens with one attached hydrogen (secondary N) is 2. The molecule has 0 saturated carbocycles. The van der Waals surface area contributed by atoms with Gasteiger partial charge in [0.05, 0.1) is 12.4 Å². The molecule has 0 spiro atoms. The average Bonchev–Trinajstić information content (AvgIpc) is 3.62. The van der Waals surface area contributed by atoms with Crippen LogP contribution in [0.3, 0.4) is 0 Å². The molecular formula is C28H34N8O. The van der Waals surface area contributed by atoms with Gasteiger partial charge in [0.15, 0.2) is 11.5 Å². The van der Waals surface area contributed by atoms with Crippen molar-refractivity contribution in [3.8, 4) is 5.75 Å². The van der Waals surface area contributed by atoms with Crippen LogP contribution in [0.4, 0.5) is 5.82 Å². The molecule has 0 bridgehead atoms. The Hall–Kier alpha value is -3.56. The number of anilines is 1. The van der Waals surface area contributed by atoms with Crippen molar-refractivity contribution in [1.29, 1.82) is 5.41 Å². The third kappa shape index (κ3) is 5.01. The van der Waals surface area contributed by atoms with Gasteiger partial charge in [-0.05, 0) is 42.5 Å². The van der Waals surface area contributed by atoms with E-state index in [1.165, 1.54) is 22.6 Å². The molecule has 9 heteroatoms. The van der Waals surface area contributed by atoms with E-state index in [4.69, 9.17) is 10.1 Å². The lowest BCUT2D eigenvalue weighted by molar-refractivity contribution is 0.130. The first-order valence-electron chi connectivity index (χ1n) is 13.3. The number of ether oxygens (including phenoxy) is 1. The van der Waals surface area contributed by atoms with Crippen LogP contribution in [0.1, 0.15) is 24.8 Å². The number of rotatable bonds is 9. The molecule has 0 amide bonds. The van der Waals surface area contributed by atoms with Gasteiger partial charge in [0.25, 0.3) is 0 Å². The lowest BCUT2D eigenvalue weighted by Crippen LogP contribution is -2.46. The molecule has 2 N–H and O–H groups in total. The van der Waals surface area contributed by atoms with Gasteiger partial charge in [0, 0.05) is 51.2 Å². The smallest absolute Gasteiger partial charge is 0.182 e. The lowest BCUT2D eigenvalue weighted by Gasteiger charge is -2.34. The second kappa shape index (κ2) is 10.8. The Labute approximate surface area is 217 Å². The fraction of sp³-hybridized carbons (Fsp3) is 0.429. The standard InChI is InChI=1S/C28H34N8O/c29-10-4-11-34-13-15-35(16-14-34)17-21-8-9-25(24-7-2-1-6-23(21)24)37-18-22-5-3-12-36(22)28-26-27(31-19-30-26)32-20-33-28/h1-2,6-10,19-20,22,29H,3-5,11-18H2,(H,30,31,32,33)/t22-/m1/s1. The van der Waals surface area contributed by atoms with E-state index in [1.807, 2.05) is 0 Å². The Bertz CT molecular complexity index is 1360. The highest BCUT2D eigenvalue weighted by Crippen LogP contribution is 2.32. The van der Waals surface area contributed by atoms with E-state index in [2.05, 4.69) is 71.0 Å². The molecule has 2 aliphatic heterocycles. The molecule has 1 atom stereocenters. The quantitative estimate of drug-likeness (QED) is 0.340.